The summed E-state index contributed by atoms with van der Waals surface area (Å²) >= 11 is 0. The molecule has 3 aromatic rings. The summed E-state index contributed by atoms with van der Waals surface area (Å²) in [7, 11) is 0. The van der Waals surface area contributed by atoms with E-state index in [1.165, 1.54) is 5.56 Å². The number of hydrogen-bond acceptors (Lipinski definition) is 5. The van der Waals surface area contributed by atoms with Crippen molar-refractivity contribution < 1.29 is 9.90 Å². The maximum Gasteiger partial charge on any atom is 0.226 e. The highest BCUT2D eigenvalue weighted by atomic mass is 16.3. The van der Waals surface area contributed by atoms with Crippen LogP contribution in [-0.2, 0) is 10.2 Å². The molecule has 33 heavy (non-hydrogen) atoms. The van der Waals surface area contributed by atoms with E-state index in [0.717, 1.165) is 23.2 Å². The molecular weight excluding hydrogens is 412 g/mol. The van der Waals surface area contributed by atoms with Crippen LogP contribution >= 0.6 is 0 Å². The highest BCUT2D eigenvalue weighted by Gasteiger charge is 2.42. The van der Waals surface area contributed by atoms with Crippen LogP contribution in [0, 0.1) is 5.41 Å². The summed E-state index contributed by atoms with van der Waals surface area (Å²) in [5, 5.41) is 18.4. The van der Waals surface area contributed by atoms with Crippen LogP contribution in [-0.4, -0.2) is 25.7 Å². The van der Waals surface area contributed by atoms with Crippen LogP contribution in [0.1, 0.15) is 64.6 Å². The first kappa shape index (κ1) is 21.4. The molecule has 1 aromatic heterocycles. The van der Waals surface area contributed by atoms with E-state index >= 15 is 0 Å². The van der Waals surface area contributed by atoms with Crippen LogP contribution in [0.5, 0.6) is 5.75 Å². The molecule has 1 aliphatic heterocycles. The fourth-order valence-electron chi connectivity index (χ4n) is 4.85. The molecule has 0 amide bonds. The van der Waals surface area contributed by atoms with E-state index in [1.54, 1.807) is 22.9 Å². The second-order valence-corrected chi connectivity index (χ2v) is 11.0. The molecular formula is C27H30N4O2. The molecule has 1 unspecified atom stereocenters. The van der Waals surface area contributed by atoms with Crippen LogP contribution in [0.15, 0.2) is 59.8 Å². The number of rotatable bonds is 2. The lowest BCUT2D eigenvalue weighted by atomic mass is 9.73. The van der Waals surface area contributed by atoms with Gasteiger partial charge in [-0.15, -0.1) is 5.10 Å². The Morgan fingerprint density at radius 2 is 1.82 bits per heavy atom. The normalized spacial score (nSPS) is 19.7. The number of fused-ring (bicyclic) bond motifs is 1. The van der Waals surface area contributed by atoms with Crippen LogP contribution in [0.25, 0.3) is 11.4 Å². The van der Waals surface area contributed by atoms with Gasteiger partial charge in [-0.2, -0.15) is 4.98 Å². The minimum Gasteiger partial charge on any atom is -0.508 e. The van der Waals surface area contributed by atoms with E-state index in [2.05, 4.69) is 52.1 Å². The Hall–Kier alpha value is -3.41. The number of carbonyl (C=O) groups excluding carboxylic acids is 1. The fourth-order valence-corrected chi connectivity index (χ4v) is 4.85. The van der Waals surface area contributed by atoms with Crippen molar-refractivity contribution in [1.29, 1.82) is 0 Å². The van der Waals surface area contributed by atoms with Crippen molar-refractivity contribution >= 4 is 11.7 Å². The van der Waals surface area contributed by atoms with Gasteiger partial charge < -0.3 is 10.4 Å². The number of ketones is 1. The number of aromatic hydroxyl groups is 1. The second kappa shape index (κ2) is 7.30. The molecule has 0 saturated carbocycles. The highest BCUT2D eigenvalue weighted by Crippen LogP contribution is 2.46. The minimum absolute atomic E-state index is 0.0670. The molecule has 0 bridgehead atoms. The standard InChI is InChI=1S/C27H30N4O2/c1-26(2,3)18-11-9-16(10-12-18)24-29-25-28-20-14-27(4,5)15-21(33)22(20)23(31(25)30-24)17-7-6-8-19(32)13-17/h6-13,23,32H,14-15H2,1-5H3,(H,28,29,30). The van der Waals surface area contributed by atoms with Crippen molar-refractivity contribution in [1.82, 2.24) is 14.8 Å². The lowest BCUT2D eigenvalue weighted by Crippen LogP contribution is -2.36. The first-order valence-corrected chi connectivity index (χ1v) is 11.4. The Kier molecular flexibility index (Phi) is 4.74. The second-order valence-electron chi connectivity index (χ2n) is 11.0. The summed E-state index contributed by atoms with van der Waals surface area (Å²) in [6.07, 6.45) is 1.24. The van der Waals surface area contributed by atoms with Crippen LogP contribution < -0.4 is 5.32 Å². The summed E-state index contributed by atoms with van der Waals surface area (Å²) in [5.74, 6) is 1.49. The maximum absolute atomic E-state index is 13.3. The van der Waals surface area contributed by atoms with Gasteiger partial charge in [-0.3, -0.25) is 4.79 Å². The van der Waals surface area contributed by atoms with Gasteiger partial charge in [0.1, 0.15) is 11.8 Å². The van der Waals surface area contributed by atoms with Gasteiger partial charge in [0, 0.05) is 23.3 Å². The Bertz CT molecular complexity index is 1280. The maximum atomic E-state index is 13.3. The number of phenolic OH excluding ortho intramolecular Hbond substituents is 1. The smallest absolute Gasteiger partial charge is 0.226 e. The Labute approximate surface area is 194 Å². The first-order valence-electron chi connectivity index (χ1n) is 11.4. The van der Waals surface area contributed by atoms with E-state index in [1.807, 2.05) is 18.2 Å². The van der Waals surface area contributed by atoms with Crippen molar-refractivity contribution in [3.8, 4) is 17.1 Å². The van der Waals surface area contributed by atoms with Crippen molar-refractivity contribution in [2.45, 2.75) is 58.9 Å². The van der Waals surface area contributed by atoms with Crippen LogP contribution in [0.3, 0.4) is 0 Å². The number of anilines is 1. The zero-order chi connectivity index (χ0) is 23.5. The summed E-state index contributed by atoms with van der Waals surface area (Å²) in [6.45, 7) is 10.8. The SMILES string of the molecule is CC1(C)CC(=O)C2=C(C1)Nc1nc(-c3ccc(C(C)(C)C)cc3)nn1C2c1cccc(O)c1. The molecule has 2 heterocycles. The lowest BCUT2D eigenvalue weighted by Gasteiger charge is -2.38. The summed E-state index contributed by atoms with van der Waals surface area (Å²) in [6, 6.07) is 15.0. The predicted octanol–water partition coefficient (Wildman–Crippen LogP) is 5.61. The highest BCUT2D eigenvalue weighted by molar-refractivity contribution is 6.00. The number of benzene rings is 2. The number of Topliss-reactive ketones (excluding diaryl/α,β-unsaturated/α-hetero) is 1. The van der Waals surface area contributed by atoms with E-state index in [4.69, 9.17) is 10.1 Å². The molecule has 1 aliphatic carbocycles. The summed E-state index contributed by atoms with van der Waals surface area (Å²) < 4.78 is 1.79. The van der Waals surface area contributed by atoms with Crippen molar-refractivity contribution in [2.24, 2.45) is 5.41 Å². The molecule has 2 N–H and O–H groups in total. The molecule has 0 fully saturated rings. The predicted molar refractivity (Wildman–Crippen MR) is 129 cm³/mol. The molecule has 0 spiro atoms. The van der Waals surface area contributed by atoms with Crippen LogP contribution in [0.4, 0.5) is 5.95 Å². The number of carbonyl (C=O) groups is 1. The molecule has 5 rings (SSSR count). The average molecular weight is 443 g/mol. The van der Waals surface area contributed by atoms with Gasteiger partial charge >= 0.3 is 0 Å². The number of aromatic nitrogens is 3. The average Bonchev–Trinajstić information content (AvgIpc) is 3.14. The largest absolute Gasteiger partial charge is 0.508 e. The van der Waals surface area contributed by atoms with Gasteiger partial charge in [0.15, 0.2) is 11.6 Å². The molecule has 2 aliphatic rings. The van der Waals surface area contributed by atoms with E-state index in [9.17, 15) is 9.90 Å². The van der Waals surface area contributed by atoms with Gasteiger partial charge in [-0.1, -0.05) is 71.0 Å². The Morgan fingerprint density at radius 3 is 2.48 bits per heavy atom. The lowest BCUT2D eigenvalue weighted by molar-refractivity contribution is -0.118. The minimum atomic E-state index is -0.429. The fraction of sp³-hybridized carbons (Fsp3) is 0.370. The topological polar surface area (TPSA) is 80.0 Å². The third-order valence-corrected chi connectivity index (χ3v) is 6.53. The number of nitrogens with one attached hydrogen (secondary N) is 1. The van der Waals surface area contributed by atoms with Crippen molar-refractivity contribution in [3.63, 3.8) is 0 Å². The van der Waals surface area contributed by atoms with Crippen molar-refractivity contribution in [3.05, 3.63) is 70.9 Å². The molecule has 6 nitrogen and oxygen atoms in total. The van der Waals surface area contributed by atoms with E-state index in [0.29, 0.717) is 23.8 Å². The molecule has 2 aromatic carbocycles. The molecule has 1 atom stereocenters. The van der Waals surface area contributed by atoms with Crippen molar-refractivity contribution in [2.75, 3.05) is 5.32 Å². The molecule has 6 heteroatoms. The molecule has 0 radical (unpaired) electrons. The number of phenols is 1. The number of hydrogen-bond donors (Lipinski definition) is 2. The number of allylic oxidation sites excluding steroid dienone is 2. The number of nitrogens with zero attached hydrogens (tertiary/aromatic N) is 3. The molecule has 170 valence electrons. The zero-order valence-corrected chi connectivity index (χ0v) is 19.8. The van der Waals surface area contributed by atoms with E-state index in [-0.39, 0.29) is 22.4 Å². The van der Waals surface area contributed by atoms with Gasteiger partial charge in [-0.05, 0) is 40.5 Å². The Morgan fingerprint density at radius 1 is 1.09 bits per heavy atom. The first-order chi connectivity index (χ1) is 15.5. The van der Waals surface area contributed by atoms with E-state index < -0.39 is 6.04 Å². The summed E-state index contributed by atoms with van der Waals surface area (Å²) in [5.41, 5.74) is 4.54. The monoisotopic (exact) mass is 442 g/mol. The molecule has 0 saturated heterocycles. The van der Waals surface area contributed by atoms with Gasteiger partial charge in [0.05, 0.1) is 0 Å². The van der Waals surface area contributed by atoms with Gasteiger partial charge in [0.25, 0.3) is 0 Å². The van der Waals surface area contributed by atoms with Crippen LogP contribution in [0.2, 0.25) is 0 Å². The zero-order valence-electron chi connectivity index (χ0n) is 19.8. The quantitative estimate of drug-likeness (QED) is 0.539. The third-order valence-electron chi connectivity index (χ3n) is 6.53. The summed E-state index contributed by atoms with van der Waals surface area (Å²) in [4.78, 5) is 18.1. The van der Waals surface area contributed by atoms with Gasteiger partial charge in [0.2, 0.25) is 5.95 Å². The Balaban J connectivity index is 1.63. The van der Waals surface area contributed by atoms with Gasteiger partial charge in [-0.25, -0.2) is 4.68 Å². The third kappa shape index (κ3) is 3.84.